The van der Waals surface area contributed by atoms with E-state index in [-0.39, 0.29) is 11.9 Å². The van der Waals surface area contributed by atoms with Crippen LogP contribution in [0.4, 0.5) is 4.39 Å². The topological polar surface area (TPSA) is 52.8 Å². The Morgan fingerprint density at radius 2 is 1.88 bits per heavy atom. The zero-order valence-electron chi connectivity index (χ0n) is 17.1. The molecule has 1 atom stereocenters. The number of hydrogen-bond acceptors (Lipinski definition) is 6. The Balaban J connectivity index is 1.36. The number of ether oxygens (including phenoxy) is 1. The second kappa shape index (κ2) is 9.70. The maximum absolute atomic E-state index is 13.4. The minimum absolute atomic E-state index is 0.139. The minimum Gasteiger partial charge on any atom is -0.376 e. The fourth-order valence-corrected chi connectivity index (χ4v) is 5.50. The summed E-state index contributed by atoms with van der Waals surface area (Å²) in [5.74, 6) is 1.13. The summed E-state index contributed by atoms with van der Waals surface area (Å²) >= 11 is 9.20. The van der Waals surface area contributed by atoms with Gasteiger partial charge in [-0.1, -0.05) is 35.5 Å². The van der Waals surface area contributed by atoms with Gasteiger partial charge in [0, 0.05) is 33.9 Å². The molecule has 0 saturated carbocycles. The van der Waals surface area contributed by atoms with Gasteiger partial charge in [-0.05, 0) is 49.2 Å². The highest BCUT2D eigenvalue weighted by atomic mass is 35.5. The van der Waals surface area contributed by atoms with Crippen molar-refractivity contribution < 1.29 is 9.13 Å². The lowest BCUT2D eigenvalue weighted by Crippen LogP contribution is -2.16. The lowest BCUT2D eigenvalue weighted by Gasteiger charge is -2.14. The van der Waals surface area contributed by atoms with Gasteiger partial charge in [0.25, 0.3) is 0 Å². The Kier molecular flexibility index (Phi) is 6.54. The number of benzene rings is 2. The summed E-state index contributed by atoms with van der Waals surface area (Å²) in [6.45, 7) is 1.46. The Morgan fingerprint density at radius 3 is 2.62 bits per heavy atom. The first-order valence-electron chi connectivity index (χ1n) is 10.3. The highest BCUT2D eigenvalue weighted by Gasteiger charge is 2.22. The van der Waals surface area contributed by atoms with Gasteiger partial charge in [0.15, 0.2) is 11.0 Å². The number of thioether (sulfide) groups is 1. The van der Waals surface area contributed by atoms with Crippen LogP contribution in [0, 0.1) is 5.82 Å². The second-order valence-electron chi connectivity index (χ2n) is 7.50. The number of hydrogen-bond donors (Lipinski definition) is 0. The van der Waals surface area contributed by atoms with E-state index in [9.17, 15) is 4.39 Å². The van der Waals surface area contributed by atoms with Crippen molar-refractivity contribution in [1.29, 1.82) is 0 Å². The van der Waals surface area contributed by atoms with Crippen LogP contribution < -0.4 is 0 Å². The number of halogens is 2. The standard InChI is InChI=1S/C23H20ClFN4OS2/c24-17-7-3-16(4-8-17)22-26-19(13-31-22)14-32-23-28-27-21(15-5-9-18(25)10-6-15)29(23)12-20-2-1-11-30-20/h3-10,13,20H,1-2,11-12,14H2/t20-/m1/s1. The van der Waals surface area contributed by atoms with Crippen LogP contribution in [0.2, 0.25) is 5.02 Å². The summed E-state index contributed by atoms with van der Waals surface area (Å²) in [5.41, 5.74) is 2.87. The number of thiazole rings is 1. The van der Waals surface area contributed by atoms with Gasteiger partial charge in [0.1, 0.15) is 10.8 Å². The van der Waals surface area contributed by atoms with Crippen molar-refractivity contribution >= 4 is 34.7 Å². The van der Waals surface area contributed by atoms with Crippen molar-refractivity contribution in [2.45, 2.75) is 36.4 Å². The van der Waals surface area contributed by atoms with E-state index in [1.165, 1.54) is 12.1 Å². The van der Waals surface area contributed by atoms with Crippen LogP contribution in [0.15, 0.2) is 59.1 Å². The van der Waals surface area contributed by atoms with Crippen molar-refractivity contribution in [2.24, 2.45) is 0 Å². The first-order valence-corrected chi connectivity index (χ1v) is 12.5. The zero-order valence-corrected chi connectivity index (χ0v) is 19.5. The van der Waals surface area contributed by atoms with Crippen LogP contribution in [0.3, 0.4) is 0 Å². The molecule has 0 bridgehead atoms. The molecule has 0 radical (unpaired) electrons. The van der Waals surface area contributed by atoms with E-state index in [1.807, 2.05) is 24.3 Å². The molecule has 32 heavy (non-hydrogen) atoms. The monoisotopic (exact) mass is 486 g/mol. The maximum Gasteiger partial charge on any atom is 0.191 e. The summed E-state index contributed by atoms with van der Waals surface area (Å²) in [7, 11) is 0. The van der Waals surface area contributed by atoms with E-state index in [0.29, 0.717) is 17.3 Å². The molecule has 0 unspecified atom stereocenters. The Hall–Kier alpha value is -2.26. The van der Waals surface area contributed by atoms with Gasteiger partial charge in [-0.3, -0.25) is 4.57 Å². The average Bonchev–Trinajstić information content (AvgIpc) is 3.56. The van der Waals surface area contributed by atoms with Crippen LogP contribution in [0.5, 0.6) is 0 Å². The molecule has 3 heterocycles. The summed E-state index contributed by atoms with van der Waals surface area (Å²) < 4.78 is 21.3. The molecule has 1 saturated heterocycles. The molecule has 1 aliphatic rings. The first kappa shape index (κ1) is 21.6. The lowest BCUT2D eigenvalue weighted by atomic mass is 10.2. The quantitative estimate of drug-likeness (QED) is 0.285. The summed E-state index contributed by atoms with van der Waals surface area (Å²) in [6, 6.07) is 14.1. The third kappa shape index (κ3) is 4.88. The van der Waals surface area contributed by atoms with Gasteiger partial charge in [-0.2, -0.15) is 0 Å². The fraction of sp³-hybridized carbons (Fsp3) is 0.261. The van der Waals surface area contributed by atoms with Gasteiger partial charge in [0.05, 0.1) is 18.3 Å². The number of nitrogens with zero attached hydrogens (tertiary/aromatic N) is 4. The molecule has 164 valence electrons. The van der Waals surface area contributed by atoms with Gasteiger partial charge < -0.3 is 4.74 Å². The van der Waals surface area contributed by atoms with Crippen molar-refractivity contribution in [3.8, 4) is 22.0 Å². The lowest BCUT2D eigenvalue weighted by molar-refractivity contribution is 0.0953. The Morgan fingerprint density at radius 1 is 1.09 bits per heavy atom. The van der Waals surface area contributed by atoms with E-state index in [4.69, 9.17) is 21.3 Å². The van der Waals surface area contributed by atoms with Gasteiger partial charge in [0.2, 0.25) is 0 Å². The third-order valence-corrected chi connectivity index (χ3v) is 7.41. The molecule has 0 spiro atoms. The smallest absolute Gasteiger partial charge is 0.191 e. The highest BCUT2D eigenvalue weighted by molar-refractivity contribution is 7.98. The van der Waals surface area contributed by atoms with Gasteiger partial charge in [-0.25, -0.2) is 9.37 Å². The summed E-state index contributed by atoms with van der Waals surface area (Å²) in [5, 5.41) is 13.4. The molecule has 2 aromatic carbocycles. The SMILES string of the molecule is Fc1ccc(-c2nnc(SCc3csc(-c4ccc(Cl)cc4)n3)n2C[C@H]2CCCO2)cc1. The molecule has 0 amide bonds. The van der Waals surface area contributed by atoms with Crippen LogP contribution in [-0.4, -0.2) is 32.5 Å². The molecule has 0 aliphatic carbocycles. The maximum atomic E-state index is 13.4. The molecule has 0 N–H and O–H groups in total. The molecule has 1 fully saturated rings. The van der Waals surface area contributed by atoms with Gasteiger partial charge >= 0.3 is 0 Å². The predicted octanol–water partition coefficient (Wildman–Crippen LogP) is 6.33. The molecular weight excluding hydrogens is 467 g/mol. The zero-order chi connectivity index (χ0) is 21.9. The van der Waals surface area contributed by atoms with Crippen molar-refractivity contribution in [3.05, 3.63) is 70.4 Å². The largest absolute Gasteiger partial charge is 0.376 e. The fourth-order valence-electron chi connectivity index (χ4n) is 3.60. The minimum atomic E-state index is -0.270. The summed E-state index contributed by atoms with van der Waals surface area (Å²) in [4.78, 5) is 4.76. The number of rotatable bonds is 7. The molecule has 2 aromatic heterocycles. The van der Waals surface area contributed by atoms with Crippen LogP contribution in [0.1, 0.15) is 18.5 Å². The van der Waals surface area contributed by atoms with E-state index < -0.39 is 0 Å². The summed E-state index contributed by atoms with van der Waals surface area (Å²) in [6.07, 6.45) is 2.22. The van der Waals surface area contributed by atoms with E-state index >= 15 is 0 Å². The van der Waals surface area contributed by atoms with Crippen molar-refractivity contribution in [2.75, 3.05) is 6.61 Å². The van der Waals surface area contributed by atoms with Crippen LogP contribution >= 0.6 is 34.7 Å². The van der Waals surface area contributed by atoms with E-state index in [0.717, 1.165) is 52.3 Å². The van der Waals surface area contributed by atoms with Crippen LogP contribution in [0.25, 0.3) is 22.0 Å². The van der Waals surface area contributed by atoms with E-state index in [1.54, 1.807) is 35.2 Å². The van der Waals surface area contributed by atoms with Crippen molar-refractivity contribution in [3.63, 3.8) is 0 Å². The molecule has 5 nitrogen and oxygen atoms in total. The second-order valence-corrected chi connectivity index (χ2v) is 9.74. The average molecular weight is 487 g/mol. The van der Waals surface area contributed by atoms with E-state index in [2.05, 4.69) is 20.1 Å². The predicted molar refractivity (Wildman–Crippen MR) is 127 cm³/mol. The van der Waals surface area contributed by atoms with Crippen molar-refractivity contribution in [1.82, 2.24) is 19.7 Å². The molecule has 1 aliphatic heterocycles. The molecule has 5 rings (SSSR count). The van der Waals surface area contributed by atoms with Gasteiger partial charge in [-0.15, -0.1) is 21.5 Å². The molecule has 9 heteroatoms. The number of aromatic nitrogens is 4. The normalized spacial score (nSPS) is 16.0. The molecule has 4 aromatic rings. The van der Waals surface area contributed by atoms with Crippen LogP contribution in [-0.2, 0) is 17.0 Å². The first-order chi connectivity index (χ1) is 15.7. The Bertz CT molecular complexity index is 1190. The third-order valence-electron chi connectivity index (χ3n) is 5.22. The molecular formula is C23H20ClFN4OS2. The highest BCUT2D eigenvalue weighted by Crippen LogP contribution is 2.31. The Labute approximate surface area is 198 Å².